The van der Waals surface area contributed by atoms with Gasteiger partial charge in [-0.1, -0.05) is 43.1 Å². The maximum atomic E-state index is 5.95. The van der Waals surface area contributed by atoms with Crippen LogP contribution in [0.1, 0.15) is 47.9 Å². The number of rotatable bonds is 5. The predicted octanol–water partition coefficient (Wildman–Crippen LogP) is 6.60. The van der Waals surface area contributed by atoms with Crippen LogP contribution in [0.5, 0.6) is 0 Å². The van der Waals surface area contributed by atoms with E-state index >= 15 is 0 Å². The molecular formula is C23H36ClN2P. The summed E-state index contributed by atoms with van der Waals surface area (Å²) in [6.45, 7) is 14.9. The molecule has 0 amide bonds. The van der Waals surface area contributed by atoms with Crippen LogP contribution in [0.2, 0.25) is 5.02 Å². The minimum absolute atomic E-state index is 0.0690. The van der Waals surface area contributed by atoms with E-state index in [4.69, 9.17) is 11.6 Å². The van der Waals surface area contributed by atoms with Crippen molar-refractivity contribution in [3.63, 3.8) is 0 Å². The molecule has 1 saturated heterocycles. The van der Waals surface area contributed by atoms with E-state index in [1.54, 1.807) is 10.6 Å². The molecule has 0 spiro atoms. The van der Waals surface area contributed by atoms with Gasteiger partial charge < -0.3 is 4.90 Å². The van der Waals surface area contributed by atoms with Crippen LogP contribution in [0.25, 0.3) is 0 Å². The molecule has 0 saturated carbocycles. The standard InChI is InChI=1S/C17H23ClNP.C6H13N/c1-5-19(11-15-6-8-16(18)9-7-15)12-17-10-13(2)14(3)20(17)4;1-7-5-3-2-4-6-7/h6-10H,5,11-12H2,1-4H3;2-6H2,1H3. The summed E-state index contributed by atoms with van der Waals surface area (Å²) < 4.78 is 0. The molecule has 2 heterocycles. The maximum Gasteiger partial charge on any atom is 0.0406 e. The van der Waals surface area contributed by atoms with Crippen LogP contribution in [-0.2, 0) is 19.8 Å². The van der Waals surface area contributed by atoms with Crippen LogP contribution >= 0.6 is 19.1 Å². The predicted molar refractivity (Wildman–Crippen MR) is 122 cm³/mol. The first kappa shape index (κ1) is 22.5. The smallest absolute Gasteiger partial charge is 0.0406 e. The summed E-state index contributed by atoms with van der Waals surface area (Å²) >= 11 is 5.95. The summed E-state index contributed by atoms with van der Waals surface area (Å²) in [5.41, 5.74) is 2.80. The van der Waals surface area contributed by atoms with Gasteiger partial charge in [0, 0.05) is 18.1 Å². The molecule has 0 N–H and O–H groups in total. The molecule has 0 radical (unpaired) electrons. The fourth-order valence-corrected chi connectivity index (χ4v) is 5.44. The van der Waals surface area contributed by atoms with Gasteiger partial charge in [-0.15, -0.1) is 7.53 Å². The summed E-state index contributed by atoms with van der Waals surface area (Å²) in [5, 5.41) is 3.99. The molecule has 1 unspecified atom stereocenters. The van der Waals surface area contributed by atoms with Crippen molar-refractivity contribution in [2.45, 2.75) is 53.1 Å². The van der Waals surface area contributed by atoms with Crippen molar-refractivity contribution < 1.29 is 0 Å². The summed E-state index contributed by atoms with van der Waals surface area (Å²) in [7, 11) is 2.12. The Morgan fingerprint density at radius 2 is 1.67 bits per heavy atom. The summed E-state index contributed by atoms with van der Waals surface area (Å²) in [6.07, 6.45) is 4.28. The number of aryl methyl sites for hydroxylation is 1. The van der Waals surface area contributed by atoms with E-state index in [9.17, 15) is 0 Å². The van der Waals surface area contributed by atoms with Gasteiger partial charge in [0.1, 0.15) is 0 Å². The molecule has 1 aliphatic rings. The first-order valence-electron chi connectivity index (χ1n) is 10.2. The van der Waals surface area contributed by atoms with Crippen molar-refractivity contribution >= 4 is 19.1 Å². The highest BCUT2D eigenvalue weighted by Crippen LogP contribution is 2.39. The van der Waals surface area contributed by atoms with Crippen molar-refractivity contribution in [1.82, 2.24) is 9.80 Å². The third-order valence-corrected chi connectivity index (χ3v) is 8.36. The van der Waals surface area contributed by atoms with E-state index in [0.29, 0.717) is 0 Å². The van der Waals surface area contributed by atoms with Crippen LogP contribution in [0.3, 0.4) is 0 Å². The number of benzene rings is 1. The van der Waals surface area contributed by atoms with Gasteiger partial charge in [0.25, 0.3) is 0 Å². The molecule has 1 aromatic heterocycles. The number of hydrogen-bond acceptors (Lipinski definition) is 2. The van der Waals surface area contributed by atoms with E-state index in [1.807, 2.05) is 12.1 Å². The van der Waals surface area contributed by atoms with Crippen molar-refractivity contribution in [3.8, 4) is 0 Å². The van der Waals surface area contributed by atoms with Crippen molar-refractivity contribution in [3.05, 3.63) is 57.1 Å². The molecule has 27 heavy (non-hydrogen) atoms. The Morgan fingerprint density at radius 1 is 1.04 bits per heavy atom. The summed E-state index contributed by atoms with van der Waals surface area (Å²) in [4.78, 5) is 4.89. The average molecular weight is 407 g/mol. The van der Waals surface area contributed by atoms with Gasteiger partial charge in [-0.2, -0.15) is 0 Å². The number of hydrogen-bond donors (Lipinski definition) is 0. The Bertz CT molecular complexity index is 687. The van der Waals surface area contributed by atoms with Gasteiger partial charge >= 0.3 is 0 Å². The van der Waals surface area contributed by atoms with E-state index in [0.717, 1.165) is 24.7 Å². The first-order valence-corrected chi connectivity index (χ1v) is 12.3. The van der Waals surface area contributed by atoms with E-state index in [2.05, 4.69) is 62.5 Å². The fraction of sp³-hybridized carbons (Fsp3) is 0.565. The van der Waals surface area contributed by atoms with Gasteiger partial charge in [-0.3, -0.25) is 4.90 Å². The Kier molecular flexibility index (Phi) is 9.39. The van der Waals surface area contributed by atoms with Crippen LogP contribution in [0.4, 0.5) is 0 Å². The Labute approximate surface area is 172 Å². The Balaban J connectivity index is 0.000000313. The van der Waals surface area contributed by atoms with E-state index in [-0.39, 0.29) is 7.53 Å². The Morgan fingerprint density at radius 3 is 2.11 bits per heavy atom. The molecule has 150 valence electrons. The third-order valence-electron chi connectivity index (χ3n) is 5.62. The normalized spacial score (nSPS) is 15.6. The number of halogens is 1. The van der Waals surface area contributed by atoms with Gasteiger partial charge in [-0.25, -0.2) is 0 Å². The molecule has 2 nitrogen and oxygen atoms in total. The lowest BCUT2D eigenvalue weighted by Gasteiger charge is -2.21. The molecule has 3 rings (SSSR count). The lowest BCUT2D eigenvalue weighted by molar-refractivity contribution is 0.274. The van der Waals surface area contributed by atoms with Crippen LogP contribution < -0.4 is 0 Å². The molecule has 1 aromatic carbocycles. The number of piperidine rings is 1. The Hall–Kier alpha value is -0.790. The minimum Gasteiger partial charge on any atom is -0.306 e. The largest absolute Gasteiger partial charge is 0.306 e. The minimum atomic E-state index is -0.0690. The SMILES string of the molecule is CCN(Cc1ccc(Cl)cc1)Cc1cc(C)c(C)p1C.CN1CCCCC1. The van der Waals surface area contributed by atoms with Gasteiger partial charge in [0.2, 0.25) is 0 Å². The lowest BCUT2D eigenvalue weighted by atomic mass is 10.1. The molecule has 0 bridgehead atoms. The van der Waals surface area contributed by atoms with E-state index < -0.39 is 0 Å². The maximum absolute atomic E-state index is 5.95. The molecular weight excluding hydrogens is 371 g/mol. The summed E-state index contributed by atoms with van der Waals surface area (Å²) in [5.74, 6) is 0. The molecule has 1 aliphatic heterocycles. The highest BCUT2D eigenvalue weighted by atomic mass is 35.5. The molecule has 0 aliphatic carbocycles. The highest BCUT2D eigenvalue weighted by Gasteiger charge is 2.11. The van der Waals surface area contributed by atoms with Gasteiger partial charge in [-0.05, 0) is 93.9 Å². The second kappa shape index (κ2) is 11.3. The van der Waals surface area contributed by atoms with Crippen LogP contribution in [-0.4, -0.2) is 36.5 Å². The average Bonchev–Trinajstić information content (AvgIpc) is 2.91. The van der Waals surface area contributed by atoms with Crippen molar-refractivity contribution in [1.29, 1.82) is 0 Å². The quantitative estimate of drug-likeness (QED) is 0.551. The fourth-order valence-electron chi connectivity index (χ4n) is 3.49. The molecule has 1 fully saturated rings. The lowest BCUT2D eigenvalue weighted by Crippen LogP contribution is -2.24. The van der Waals surface area contributed by atoms with E-state index in [1.165, 1.54) is 43.5 Å². The zero-order chi connectivity index (χ0) is 19.8. The number of nitrogens with zero attached hydrogens (tertiary/aromatic N) is 2. The second-order valence-electron chi connectivity index (χ2n) is 7.76. The topological polar surface area (TPSA) is 6.48 Å². The van der Waals surface area contributed by atoms with Gasteiger partial charge in [0.15, 0.2) is 0 Å². The van der Waals surface area contributed by atoms with Crippen LogP contribution in [0, 0.1) is 13.8 Å². The summed E-state index contributed by atoms with van der Waals surface area (Å²) in [6, 6.07) is 10.6. The molecule has 1 atom stereocenters. The van der Waals surface area contributed by atoms with Crippen molar-refractivity contribution in [2.75, 3.05) is 26.7 Å². The first-order chi connectivity index (χ1) is 12.9. The zero-order valence-electron chi connectivity index (χ0n) is 17.8. The monoisotopic (exact) mass is 406 g/mol. The number of likely N-dealkylation sites (tertiary alicyclic amines) is 1. The molecule has 2 aromatic rings. The van der Waals surface area contributed by atoms with Crippen molar-refractivity contribution in [2.24, 2.45) is 6.66 Å². The molecule has 4 heteroatoms. The highest BCUT2D eigenvalue weighted by molar-refractivity contribution is 7.49. The van der Waals surface area contributed by atoms with Gasteiger partial charge in [0.05, 0.1) is 0 Å². The van der Waals surface area contributed by atoms with Crippen LogP contribution in [0.15, 0.2) is 30.3 Å². The third kappa shape index (κ3) is 7.27. The second-order valence-corrected chi connectivity index (χ2v) is 10.6. The zero-order valence-corrected chi connectivity index (χ0v) is 19.4.